The summed E-state index contributed by atoms with van der Waals surface area (Å²) in [5, 5.41) is 6.56. The highest BCUT2D eigenvalue weighted by atomic mass is 127. The molecule has 28 heavy (non-hydrogen) atoms. The Morgan fingerprint density at radius 2 is 1.89 bits per heavy atom. The summed E-state index contributed by atoms with van der Waals surface area (Å²) in [5.41, 5.74) is 2.03. The summed E-state index contributed by atoms with van der Waals surface area (Å²) in [5.74, 6) is 0.796. The van der Waals surface area contributed by atoms with E-state index < -0.39 is 0 Å². The molecule has 7 heteroatoms. The Kier molecular flexibility index (Phi) is 5.99. The number of aromatic nitrogens is 3. The van der Waals surface area contributed by atoms with Crippen LogP contribution in [0.15, 0.2) is 48.8 Å². The monoisotopic (exact) mass is 489 g/mol. The average molecular weight is 489 g/mol. The van der Waals surface area contributed by atoms with Crippen molar-refractivity contribution in [3.05, 3.63) is 58.2 Å². The lowest BCUT2D eigenvalue weighted by molar-refractivity contribution is 0.461. The molecule has 5 nitrogen and oxygen atoms in total. The van der Waals surface area contributed by atoms with Gasteiger partial charge in [-0.25, -0.2) is 9.37 Å². The van der Waals surface area contributed by atoms with Crippen molar-refractivity contribution < 1.29 is 4.39 Å². The smallest absolute Gasteiger partial charge is 0.225 e. The molecule has 0 aliphatic heterocycles. The molecule has 1 fully saturated rings. The molecule has 0 amide bonds. The number of hydrogen-bond acceptors (Lipinski definition) is 5. The average Bonchev–Trinajstić information content (AvgIpc) is 2.71. The van der Waals surface area contributed by atoms with E-state index in [0.29, 0.717) is 23.5 Å². The van der Waals surface area contributed by atoms with Crippen LogP contribution in [0.3, 0.4) is 0 Å². The van der Waals surface area contributed by atoms with Crippen LogP contribution in [0.5, 0.6) is 0 Å². The lowest BCUT2D eigenvalue weighted by Crippen LogP contribution is -2.23. The van der Waals surface area contributed by atoms with Crippen LogP contribution < -0.4 is 10.6 Å². The molecule has 4 rings (SSSR count). The fourth-order valence-corrected chi connectivity index (χ4v) is 3.85. The van der Waals surface area contributed by atoms with Gasteiger partial charge in [-0.15, -0.1) is 0 Å². The summed E-state index contributed by atoms with van der Waals surface area (Å²) in [7, 11) is 0. The normalized spacial score (nSPS) is 14.6. The highest BCUT2D eigenvalue weighted by Crippen LogP contribution is 2.27. The van der Waals surface area contributed by atoms with Crippen LogP contribution in [0, 0.1) is 9.39 Å². The molecule has 0 radical (unpaired) electrons. The standard InChI is InChI=1S/C21H21FIN5/c22-17-11-15(23)8-9-18(17)26-20-12-19(14-5-4-10-24-13-14)27-21(28-20)25-16-6-2-1-3-7-16/h4-5,8-13,16H,1-3,6-7H2,(H2,25,26,27,28). The van der Waals surface area contributed by atoms with Gasteiger partial charge in [-0.05, 0) is 65.8 Å². The minimum atomic E-state index is -0.310. The third-order valence-corrected chi connectivity index (χ3v) is 5.49. The Labute approximate surface area is 177 Å². The van der Waals surface area contributed by atoms with E-state index in [1.807, 2.05) is 24.3 Å². The van der Waals surface area contributed by atoms with Gasteiger partial charge in [0, 0.05) is 33.6 Å². The maximum absolute atomic E-state index is 14.3. The van der Waals surface area contributed by atoms with Crippen molar-refractivity contribution in [2.45, 2.75) is 38.1 Å². The zero-order valence-electron chi connectivity index (χ0n) is 15.3. The van der Waals surface area contributed by atoms with Crippen LogP contribution in [0.4, 0.5) is 21.8 Å². The summed E-state index contributed by atoms with van der Waals surface area (Å²) in [6.07, 6.45) is 9.46. The first-order valence-electron chi connectivity index (χ1n) is 9.45. The molecule has 0 atom stereocenters. The SMILES string of the molecule is Fc1cc(I)ccc1Nc1cc(-c2cccnc2)nc(NC2CCCCC2)n1. The van der Waals surface area contributed by atoms with Gasteiger partial charge in [-0.1, -0.05) is 19.3 Å². The van der Waals surface area contributed by atoms with E-state index in [0.717, 1.165) is 27.7 Å². The van der Waals surface area contributed by atoms with Crippen LogP contribution in [0.2, 0.25) is 0 Å². The second-order valence-electron chi connectivity index (χ2n) is 6.93. The van der Waals surface area contributed by atoms with Crippen molar-refractivity contribution in [2.24, 2.45) is 0 Å². The third-order valence-electron chi connectivity index (χ3n) is 4.82. The molecule has 3 aromatic rings. The number of halogens is 2. The summed E-state index contributed by atoms with van der Waals surface area (Å²) in [6, 6.07) is 11.1. The van der Waals surface area contributed by atoms with Gasteiger partial charge in [0.25, 0.3) is 0 Å². The fraction of sp³-hybridized carbons (Fsp3) is 0.286. The van der Waals surface area contributed by atoms with Crippen molar-refractivity contribution in [3.8, 4) is 11.3 Å². The Balaban J connectivity index is 1.66. The maximum atomic E-state index is 14.3. The highest BCUT2D eigenvalue weighted by Gasteiger charge is 2.16. The molecule has 2 N–H and O–H groups in total. The Morgan fingerprint density at radius 3 is 2.64 bits per heavy atom. The minimum absolute atomic E-state index is 0.310. The molecule has 1 aliphatic carbocycles. The first-order valence-corrected chi connectivity index (χ1v) is 10.5. The summed E-state index contributed by atoms with van der Waals surface area (Å²) in [4.78, 5) is 13.5. The molecule has 0 unspecified atom stereocenters. The molecule has 144 valence electrons. The topological polar surface area (TPSA) is 62.7 Å². The third kappa shape index (κ3) is 4.76. The largest absolute Gasteiger partial charge is 0.351 e. The van der Waals surface area contributed by atoms with Crippen LogP contribution in [0.25, 0.3) is 11.3 Å². The van der Waals surface area contributed by atoms with E-state index in [2.05, 4.69) is 48.2 Å². The molecule has 1 saturated carbocycles. The van der Waals surface area contributed by atoms with E-state index in [4.69, 9.17) is 0 Å². The molecule has 0 bridgehead atoms. The van der Waals surface area contributed by atoms with Crippen molar-refractivity contribution >= 4 is 40.0 Å². The number of nitrogens with one attached hydrogen (secondary N) is 2. The minimum Gasteiger partial charge on any atom is -0.351 e. The van der Waals surface area contributed by atoms with Crippen LogP contribution in [-0.4, -0.2) is 21.0 Å². The Hall–Kier alpha value is -2.29. The molecular formula is C21H21FIN5. The van der Waals surface area contributed by atoms with E-state index >= 15 is 0 Å². The maximum Gasteiger partial charge on any atom is 0.225 e. The number of nitrogens with zero attached hydrogens (tertiary/aromatic N) is 3. The Bertz CT molecular complexity index is 945. The number of rotatable bonds is 5. The van der Waals surface area contributed by atoms with Gasteiger partial charge in [-0.2, -0.15) is 4.98 Å². The molecule has 1 aromatic carbocycles. The van der Waals surface area contributed by atoms with Crippen LogP contribution >= 0.6 is 22.6 Å². The molecule has 2 heterocycles. The molecule has 1 aliphatic rings. The Morgan fingerprint density at radius 1 is 1.04 bits per heavy atom. The van der Waals surface area contributed by atoms with E-state index in [1.54, 1.807) is 18.5 Å². The van der Waals surface area contributed by atoms with Gasteiger partial charge in [0.1, 0.15) is 11.6 Å². The number of hydrogen-bond donors (Lipinski definition) is 2. The van der Waals surface area contributed by atoms with Crippen molar-refractivity contribution in [3.63, 3.8) is 0 Å². The quantitative estimate of drug-likeness (QED) is 0.446. The second-order valence-corrected chi connectivity index (χ2v) is 8.18. The van der Waals surface area contributed by atoms with Gasteiger partial charge in [0.15, 0.2) is 0 Å². The van der Waals surface area contributed by atoms with Crippen molar-refractivity contribution in [1.82, 2.24) is 15.0 Å². The zero-order valence-corrected chi connectivity index (χ0v) is 17.5. The predicted molar refractivity (Wildman–Crippen MR) is 118 cm³/mol. The summed E-state index contributed by atoms with van der Waals surface area (Å²) >= 11 is 2.09. The summed E-state index contributed by atoms with van der Waals surface area (Å²) < 4.78 is 15.1. The van der Waals surface area contributed by atoms with Crippen molar-refractivity contribution in [2.75, 3.05) is 10.6 Å². The predicted octanol–water partition coefficient (Wildman–Crippen LogP) is 5.77. The van der Waals surface area contributed by atoms with E-state index in [-0.39, 0.29) is 5.82 Å². The molecular weight excluding hydrogens is 468 g/mol. The van der Waals surface area contributed by atoms with Gasteiger partial charge >= 0.3 is 0 Å². The number of pyridine rings is 1. The van der Waals surface area contributed by atoms with Gasteiger partial charge in [0.2, 0.25) is 5.95 Å². The van der Waals surface area contributed by atoms with E-state index in [1.165, 1.54) is 25.3 Å². The fourth-order valence-electron chi connectivity index (χ4n) is 3.40. The lowest BCUT2D eigenvalue weighted by atomic mass is 9.96. The highest BCUT2D eigenvalue weighted by molar-refractivity contribution is 14.1. The number of anilines is 3. The second kappa shape index (κ2) is 8.81. The van der Waals surface area contributed by atoms with Crippen LogP contribution in [0.1, 0.15) is 32.1 Å². The number of benzene rings is 1. The first-order chi connectivity index (χ1) is 13.7. The van der Waals surface area contributed by atoms with Gasteiger partial charge in [-0.3, -0.25) is 4.98 Å². The molecule has 2 aromatic heterocycles. The first kappa shape index (κ1) is 19.0. The lowest BCUT2D eigenvalue weighted by Gasteiger charge is -2.23. The van der Waals surface area contributed by atoms with Gasteiger partial charge in [0.05, 0.1) is 11.4 Å². The van der Waals surface area contributed by atoms with Crippen molar-refractivity contribution in [1.29, 1.82) is 0 Å². The van der Waals surface area contributed by atoms with E-state index in [9.17, 15) is 4.39 Å². The zero-order chi connectivity index (χ0) is 19.3. The molecule has 0 saturated heterocycles. The molecule has 0 spiro atoms. The van der Waals surface area contributed by atoms with Crippen LogP contribution in [-0.2, 0) is 0 Å². The summed E-state index contributed by atoms with van der Waals surface area (Å²) in [6.45, 7) is 0. The van der Waals surface area contributed by atoms with Gasteiger partial charge < -0.3 is 10.6 Å².